The largest absolute Gasteiger partial charge is 0.407 e. The number of sulfone groups is 1. The van der Waals surface area contributed by atoms with Gasteiger partial charge in [-0.15, -0.1) is 5.10 Å². The van der Waals surface area contributed by atoms with E-state index in [0.717, 1.165) is 0 Å². The average molecular weight is 286 g/mol. The quantitative estimate of drug-likeness (QED) is 0.829. The highest BCUT2D eigenvalue weighted by Gasteiger charge is 2.31. The van der Waals surface area contributed by atoms with Crippen molar-refractivity contribution in [3.05, 3.63) is 5.89 Å². The van der Waals surface area contributed by atoms with E-state index >= 15 is 0 Å². The molecule has 0 spiro atoms. The second kappa shape index (κ2) is 4.75. The van der Waals surface area contributed by atoms with Gasteiger partial charge in [0.1, 0.15) is 0 Å². The van der Waals surface area contributed by atoms with E-state index in [9.17, 15) is 8.42 Å². The highest BCUT2D eigenvalue weighted by molar-refractivity contribution is 7.91. The minimum Gasteiger partial charge on any atom is -0.407 e. The Morgan fingerprint density at radius 2 is 2.21 bits per heavy atom. The third kappa shape index (κ3) is 3.06. The Morgan fingerprint density at radius 3 is 2.89 bits per heavy atom. The Bertz CT molecular complexity index is 552. The molecule has 2 fully saturated rings. The van der Waals surface area contributed by atoms with Crippen LogP contribution in [0.5, 0.6) is 0 Å². The summed E-state index contributed by atoms with van der Waals surface area (Å²) < 4.78 is 28.6. The SMILES string of the molecule is CC1CS(=O)(=O)CCN1c1nnc(CNC2CC2)o1. The Kier molecular flexibility index (Phi) is 3.22. The van der Waals surface area contributed by atoms with Crippen LogP contribution in [0.3, 0.4) is 0 Å². The fourth-order valence-electron chi connectivity index (χ4n) is 2.23. The molecule has 19 heavy (non-hydrogen) atoms. The molecule has 2 aliphatic rings. The Balaban J connectivity index is 1.64. The Morgan fingerprint density at radius 1 is 1.42 bits per heavy atom. The number of rotatable bonds is 4. The molecule has 0 amide bonds. The second-order valence-electron chi connectivity index (χ2n) is 5.29. The van der Waals surface area contributed by atoms with Gasteiger partial charge in [0, 0.05) is 18.6 Å². The molecule has 1 atom stereocenters. The number of anilines is 1. The van der Waals surface area contributed by atoms with Gasteiger partial charge in [0.05, 0.1) is 18.1 Å². The highest BCUT2D eigenvalue weighted by Crippen LogP contribution is 2.22. The monoisotopic (exact) mass is 286 g/mol. The molecular formula is C11H18N4O3S. The summed E-state index contributed by atoms with van der Waals surface area (Å²) in [6.07, 6.45) is 2.42. The van der Waals surface area contributed by atoms with Gasteiger partial charge in [0.2, 0.25) is 5.89 Å². The fraction of sp³-hybridized carbons (Fsp3) is 0.818. The van der Waals surface area contributed by atoms with Crippen molar-refractivity contribution in [2.75, 3.05) is 23.0 Å². The first-order chi connectivity index (χ1) is 9.03. The van der Waals surface area contributed by atoms with Crippen molar-refractivity contribution in [2.45, 2.75) is 38.4 Å². The molecule has 8 heteroatoms. The molecule has 106 valence electrons. The maximum Gasteiger partial charge on any atom is 0.318 e. The molecule has 7 nitrogen and oxygen atoms in total. The van der Waals surface area contributed by atoms with Crippen LogP contribution in [-0.2, 0) is 16.4 Å². The van der Waals surface area contributed by atoms with Crippen LogP contribution in [0, 0.1) is 0 Å². The standard InChI is InChI=1S/C11H18N4O3S/c1-8-7-19(16,17)5-4-15(8)11-14-13-10(18-11)6-12-9-2-3-9/h8-9,12H,2-7H2,1H3. The van der Waals surface area contributed by atoms with Gasteiger partial charge in [0.15, 0.2) is 9.84 Å². The molecule has 1 saturated carbocycles. The van der Waals surface area contributed by atoms with Gasteiger partial charge in [-0.1, -0.05) is 5.10 Å². The summed E-state index contributed by atoms with van der Waals surface area (Å²) >= 11 is 0. The lowest BCUT2D eigenvalue weighted by Gasteiger charge is -2.31. The molecule has 1 unspecified atom stereocenters. The van der Waals surface area contributed by atoms with E-state index in [1.54, 1.807) is 0 Å². The van der Waals surface area contributed by atoms with Crippen LogP contribution in [0.25, 0.3) is 0 Å². The lowest BCUT2D eigenvalue weighted by Crippen LogP contribution is -2.47. The lowest BCUT2D eigenvalue weighted by atomic mass is 10.3. The molecular weight excluding hydrogens is 268 g/mol. The molecule has 1 aliphatic carbocycles. The molecule has 0 radical (unpaired) electrons. The summed E-state index contributed by atoms with van der Waals surface area (Å²) in [5, 5.41) is 11.3. The van der Waals surface area contributed by atoms with E-state index in [1.165, 1.54) is 12.8 Å². The maximum atomic E-state index is 11.5. The molecule has 1 aromatic rings. The van der Waals surface area contributed by atoms with Crippen LogP contribution >= 0.6 is 0 Å². The zero-order chi connectivity index (χ0) is 13.5. The lowest BCUT2D eigenvalue weighted by molar-refractivity contribution is 0.450. The summed E-state index contributed by atoms with van der Waals surface area (Å²) in [5.41, 5.74) is 0. The van der Waals surface area contributed by atoms with Gasteiger partial charge in [-0.05, 0) is 19.8 Å². The number of hydrogen-bond donors (Lipinski definition) is 1. The van der Waals surface area contributed by atoms with Crippen LogP contribution < -0.4 is 10.2 Å². The zero-order valence-electron chi connectivity index (χ0n) is 10.9. The van der Waals surface area contributed by atoms with E-state index in [4.69, 9.17) is 4.42 Å². The van der Waals surface area contributed by atoms with Crippen molar-refractivity contribution in [3.8, 4) is 0 Å². The summed E-state index contributed by atoms with van der Waals surface area (Å²) in [4.78, 5) is 1.87. The first-order valence-electron chi connectivity index (χ1n) is 6.56. The average Bonchev–Trinajstić information content (AvgIpc) is 3.04. The summed E-state index contributed by atoms with van der Waals surface area (Å²) in [6, 6.07) is 0.896. The van der Waals surface area contributed by atoms with E-state index in [1.807, 2.05) is 11.8 Å². The normalized spacial score (nSPS) is 26.6. The number of nitrogens with zero attached hydrogens (tertiary/aromatic N) is 3. The first kappa shape index (κ1) is 12.9. The Labute approximate surface area is 112 Å². The minimum atomic E-state index is -2.92. The van der Waals surface area contributed by atoms with Crippen molar-refractivity contribution >= 4 is 15.9 Å². The molecule has 0 bridgehead atoms. The fourth-order valence-corrected chi connectivity index (χ4v) is 3.79. The van der Waals surface area contributed by atoms with E-state index in [2.05, 4.69) is 15.5 Å². The van der Waals surface area contributed by atoms with E-state index in [0.29, 0.717) is 31.0 Å². The topological polar surface area (TPSA) is 88.3 Å². The molecule has 1 aromatic heterocycles. The molecule has 1 N–H and O–H groups in total. The number of nitrogens with one attached hydrogen (secondary N) is 1. The summed E-state index contributed by atoms with van der Waals surface area (Å²) in [6.45, 7) is 2.86. The molecule has 3 rings (SSSR count). The minimum absolute atomic E-state index is 0.122. The zero-order valence-corrected chi connectivity index (χ0v) is 11.7. The predicted octanol–water partition coefficient (Wildman–Crippen LogP) is -0.0551. The van der Waals surface area contributed by atoms with Crippen LogP contribution in [0.4, 0.5) is 6.01 Å². The van der Waals surface area contributed by atoms with Gasteiger partial charge in [-0.3, -0.25) is 0 Å². The van der Waals surface area contributed by atoms with Crippen molar-refractivity contribution in [1.82, 2.24) is 15.5 Å². The van der Waals surface area contributed by atoms with Crippen LogP contribution in [0.1, 0.15) is 25.7 Å². The summed E-state index contributed by atoms with van der Waals surface area (Å²) in [5.74, 6) is 0.850. The van der Waals surface area contributed by atoms with Crippen molar-refractivity contribution in [3.63, 3.8) is 0 Å². The van der Waals surface area contributed by atoms with Gasteiger partial charge >= 0.3 is 6.01 Å². The third-order valence-corrected chi connectivity index (χ3v) is 5.29. The van der Waals surface area contributed by atoms with Crippen molar-refractivity contribution in [1.29, 1.82) is 0 Å². The van der Waals surface area contributed by atoms with E-state index in [-0.39, 0.29) is 17.5 Å². The van der Waals surface area contributed by atoms with Gasteiger partial charge in [-0.25, -0.2) is 8.42 Å². The van der Waals surface area contributed by atoms with Crippen LogP contribution in [0.15, 0.2) is 4.42 Å². The van der Waals surface area contributed by atoms with Crippen LogP contribution in [-0.4, -0.2) is 48.7 Å². The van der Waals surface area contributed by atoms with Gasteiger partial charge in [-0.2, -0.15) is 0 Å². The number of aromatic nitrogens is 2. The molecule has 0 aromatic carbocycles. The van der Waals surface area contributed by atoms with Gasteiger partial charge < -0.3 is 14.6 Å². The summed E-state index contributed by atoms with van der Waals surface area (Å²) in [7, 11) is -2.92. The van der Waals surface area contributed by atoms with Crippen molar-refractivity contribution < 1.29 is 12.8 Å². The number of hydrogen-bond acceptors (Lipinski definition) is 7. The first-order valence-corrected chi connectivity index (χ1v) is 8.38. The van der Waals surface area contributed by atoms with Crippen molar-refractivity contribution in [2.24, 2.45) is 0 Å². The Hall–Kier alpha value is -1.15. The highest BCUT2D eigenvalue weighted by atomic mass is 32.2. The maximum absolute atomic E-state index is 11.5. The van der Waals surface area contributed by atoms with Crippen LogP contribution in [0.2, 0.25) is 0 Å². The molecule has 2 heterocycles. The second-order valence-corrected chi connectivity index (χ2v) is 7.52. The van der Waals surface area contributed by atoms with Gasteiger partial charge in [0.25, 0.3) is 0 Å². The predicted molar refractivity (Wildman–Crippen MR) is 69.6 cm³/mol. The third-order valence-electron chi connectivity index (χ3n) is 3.49. The molecule has 1 saturated heterocycles. The smallest absolute Gasteiger partial charge is 0.318 e. The van der Waals surface area contributed by atoms with E-state index < -0.39 is 9.84 Å². The molecule has 1 aliphatic heterocycles.